The number of carbonyl (C=O) groups is 4. The largest absolute Gasteiger partial charge is 0.358 e. The van der Waals surface area contributed by atoms with Gasteiger partial charge in [0.15, 0.2) is 0 Å². The molecule has 0 fully saturated rings. The molecule has 19 heteroatoms. The van der Waals surface area contributed by atoms with Crippen LogP contribution >= 0.6 is 0 Å². The number of aryl methyl sites for hydroxylation is 2. The number of benzene rings is 2. The second-order valence-electron chi connectivity index (χ2n) is 16.1. The van der Waals surface area contributed by atoms with Crippen molar-refractivity contribution in [3.05, 3.63) is 92.6 Å². The Kier molecular flexibility index (Phi) is 14.8. The number of aromatic nitrogens is 2. The summed E-state index contributed by atoms with van der Waals surface area (Å²) in [6.07, 6.45) is 5.91. The first-order valence-electron chi connectivity index (χ1n) is 21.3. The van der Waals surface area contributed by atoms with Crippen molar-refractivity contribution in [3.8, 4) is 0 Å². The SMILES string of the molecule is CCCNS(=O)(=O)c1ccc2c(c1)/C(=C/c1[nH]c(C)c(C(=O)NCCCN(C)CCCNC(=O)c3c(C)[nH]c(/C=C4\C(=O)Nc5ccc(S(=O)(=O)NCCC)cc54)c3C)c1C)C(=O)N2. The van der Waals surface area contributed by atoms with E-state index >= 15 is 0 Å². The number of rotatable bonds is 20. The number of sulfonamides is 2. The average molecular weight is 916 g/mol. The third-order valence-electron chi connectivity index (χ3n) is 11.2. The lowest BCUT2D eigenvalue weighted by molar-refractivity contribution is -0.111. The Hall–Kier alpha value is -5.86. The fourth-order valence-corrected chi connectivity index (χ4v) is 10.1. The Morgan fingerprint density at radius 3 is 1.39 bits per heavy atom. The summed E-state index contributed by atoms with van der Waals surface area (Å²) in [6, 6.07) is 9.01. The molecule has 2 aliphatic rings. The van der Waals surface area contributed by atoms with Crippen LogP contribution in [0, 0.1) is 27.7 Å². The number of carbonyl (C=O) groups excluding carboxylic acids is 4. The third kappa shape index (κ3) is 10.4. The normalized spacial score (nSPS) is 14.9. The Morgan fingerprint density at radius 2 is 1.02 bits per heavy atom. The van der Waals surface area contributed by atoms with E-state index in [2.05, 4.69) is 45.6 Å². The zero-order valence-corrected chi connectivity index (χ0v) is 38.9. The van der Waals surface area contributed by atoms with E-state index in [1.165, 1.54) is 24.3 Å². The van der Waals surface area contributed by atoms with Crippen LogP contribution < -0.4 is 30.7 Å². The molecule has 17 nitrogen and oxygen atoms in total. The quantitative estimate of drug-likeness (QED) is 0.0448. The summed E-state index contributed by atoms with van der Waals surface area (Å²) in [5, 5.41) is 11.6. The zero-order chi connectivity index (χ0) is 46.5. The molecular weight excluding hydrogens is 859 g/mol. The highest BCUT2D eigenvalue weighted by Gasteiger charge is 2.30. The summed E-state index contributed by atoms with van der Waals surface area (Å²) in [7, 11) is -5.53. The number of anilines is 2. The van der Waals surface area contributed by atoms with E-state index in [9.17, 15) is 36.0 Å². The fraction of sp³-hybridized carbons (Fsp3) is 0.378. The van der Waals surface area contributed by atoms with Crippen molar-refractivity contribution >= 4 is 78.3 Å². The molecule has 4 heterocycles. The number of amides is 4. The highest BCUT2D eigenvalue weighted by atomic mass is 32.2. The molecule has 0 bridgehead atoms. The van der Waals surface area contributed by atoms with Gasteiger partial charge in [0.25, 0.3) is 23.6 Å². The first-order valence-corrected chi connectivity index (χ1v) is 24.3. The van der Waals surface area contributed by atoms with Crippen molar-refractivity contribution < 1.29 is 36.0 Å². The summed E-state index contributed by atoms with van der Waals surface area (Å²) < 4.78 is 56.2. The monoisotopic (exact) mass is 915 g/mol. The molecule has 64 heavy (non-hydrogen) atoms. The molecule has 0 aliphatic carbocycles. The van der Waals surface area contributed by atoms with Gasteiger partial charge < -0.3 is 36.1 Å². The summed E-state index contributed by atoms with van der Waals surface area (Å²) in [6.45, 7) is 13.7. The van der Waals surface area contributed by atoms with Crippen molar-refractivity contribution in [1.82, 2.24) is 34.9 Å². The molecule has 4 amide bonds. The van der Waals surface area contributed by atoms with Crippen LogP contribution in [0.2, 0.25) is 0 Å². The summed E-state index contributed by atoms with van der Waals surface area (Å²) >= 11 is 0. The number of nitrogens with zero attached hydrogens (tertiary/aromatic N) is 1. The molecular formula is C45H57N9O8S2. The Labute approximate surface area is 374 Å². The minimum absolute atomic E-state index is 0.0572. The molecule has 342 valence electrons. The molecule has 2 aliphatic heterocycles. The average Bonchev–Trinajstić information content (AvgIpc) is 3.93. The first kappa shape index (κ1) is 47.6. The molecule has 0 unspecified atom stereocenters. The number of aromatic amines is 2. The smallest absolute Gasteiger partial charge is 0.256 e. The second-order valence-corrected chi connectivity index (χ2v) is 19.6. The van der Waals surface area contributed by atoms with Crippen molar-refractivity contribution in [2.24, 2.45) is 0 Å². The van der Waals surface area contributed by atoms with Crippen LogP contribution in [0.3, 0.4) is 0 Å². The van der Waals surface area contributed by atoms with Crippen LogP contribution in [0.15, 0.2) is 46.2 Å². The minimum Gasteiger partial charge on any atom is -0.358 e. The van der Waals surface area contributed by atoms with Crippen molar-refractivity contribution in [3.63, 3.8) is 0 Å². The summed E-state index contributed by atoms with van der Waals surface area (Å²) in [5.74, 6) is -1.25. The van der Waals surface area contributed by atoms with Crippen LogP contribution in [0.25, 0.3) is 23.3 Å². The number of hydrogen-bond acceptors (Lipinski definition) is 9. The van der Waals surface area contributed by atoms with Crippen molar-refractivity contribution in [2.45, 2.75) is 77.0 Å². The molecule has 2 aromatic heterocycles. The van der Waals surface area contributed by atoms with Gasteiger partial charge in [-0.3, -0.25) is 19.2 Å². The van der Waals surface area contributed by atoms with Gasteiger partial charge in [0.1, 0.15) is 0 Å². The molecule has 0 saturated heterocycles. The van der Waals surface area contributed by atoms with Crippen molar-refractivity contribution in [1.29, 1.82) is 0 Å². The van der Waals surface area contributed by atoms with Crippen LogP contribution in [0.4, 0.5) is 11.4 Å². The maximum Gasteiger partial charge on any atom is 0.256 e. The standard InChI is InChI=1S/C45H57N9O8S2/c1-8-16-48-63(59,60)30-12-14-36-32(22-30)34(42(55)52-36)24-38-26(3)40(28(5)50-38)44(57)46-18-10-20-54(7)21-11-19-47-45(58)41-27(4)39(51-29(41)6)25-35-33-23-31(64(61,62)49-17-9-2)13-15-37(33)53-43(35)56/h12-15,22-25,48-51H,8-11,16-21H2,1-7H3,(H,46,57)(H,47,58)(H,52,55)(H,53,56)/b34-24-,35-25-. The number of nitrogens with one attached hydrogen (secondary N) is 8. The van der Waals surface area contributed by atoms with Gasteiger partial charge in [0.2, 0.25) is 20.0 Å². The molecule has 0 atom stereocenters. The van der Waals surface area contributed by atoms with E-state index in [1.807, 2.05) is 20.9 Å². The first-order chi connectivity index (χ1) is 30.4. The lowest BCUT2D eigenvalue weighted by atomic mass is 10.0. The molecule has 8 N–H and O–H groups in total. The highest BCUT2D eigenvalue weighted by Crippen LogP contribution is 2.37. The third-order valence-corrected chi connectivity index (χ3v) is 14.2. The van der Waals surface area contributed by atoms with Gasteiger partial charge in [-0.15, -0.1) is 0 Å². The van der Waals surface area contributed by atoms with E-state index in [0.717, 1.165) is 0 Å². The van der Waals surface area contributed by atoms with E-state index in [0.29, 0.717) is 132 Å². The van der Waals surface area contributed by atoms with Crippen LogP contribution in [-0.2, 0) is 29.6 Å². The Bertz CT molecular complexity index is 2600. The van der Waals surface area contributed by atoms with Gasteiger partial charge in [-0.05, 0) is 133 Å². The second kappa shape index (κ2) is 19.9. The maximum absolute atomic E-state index is 13.3. The number of hydrogen-bond donors (Lipinski definition) is 8. The van der Waals surface area contributed by atoms with Crippen LogP contribution in [-0.4, -0.2) is 102 Å². The van der Waals surface area contributed by atoms with Crippen LogP contribution in [0.5, 0.6) is 0 Å². The molecule has 0 saturated carbocycles. The molecule has 0 spiro atoms. The van der Waals surface area contributed by atoms with E-state index < -0.39 is 20.0 Å². The maximum atomic E-state index is 13.3. The van der Waals surface area contributed by atoms with Gasteiger partial charge >= 0.3 is 0 Å². The number of fused-ring (bicyclic) bond motifs is 2. The van der Waals surface area contributed by atoms with E-state index in [-0.39, 0.29) is 44.6 Å². The van der Waals surface area contributed by atoms with Crippen LogP contribution in [0.1, 0.15) is 105 Å². The van der Waals surface area contributed by atoms with E-state index in [1.54, 1.807) is 52.0 Å². The summed E-state index contributed by atoms with van der Waals surface area (Å²) in [4.78, 5) is 61.3. The topological polar surface area (TPSA) is 244 Å². The van der Waals surface area contributed by atoms with Gasteiger partial charge in [0, 0.05) is 71.5 Å². The van der Waals surface area contributed by atoms with Gasteiger partial charge in [0.05, 0.1) is 32.1 Å². The zero-order valence-electron chi connectivity index (χ0n) is 37.2. The Morgan fingerprint density at radius 1 is 0.625 bits per heavy atom. The number of H-pyrrole nitrogens is 2. The van der Waals surface area contributed by atoms with Gasteiger partial charge in [-0.1, -0.05) is 13.8 Å². The molecule has 6 rings (SSSR count). The molecule has 2 aromatic carbocycles. The van der Waals surface area contributed by atoms with E-state index in [4.69, 9.17) is 0 Å². The molecule has 0 radical (unpaired) electrons. The van der Waals surface area contributed by atoms with Gasteiger partial charge in [-0.2, -0.15) is 0 Å². The highest BCUT2D eigenvalue weighted by molar-refractivity contribution is 7.89. The molecule has 4 aromatic rings. The minimum atomic E-state index is -3.75. The predicted molar refractivity (Wildman–Crippen MR) is 249 cm³/mol. The fourth-order valence-electron chi connectivity index (χ4n) is 7.79. The predicted octanol–water partition coefficient (Wildman–Crippen LogP) is 4.81. The van der Waals surface area contributed by atoms with Crippen molar-refractivity contribution in [2.75, 3.05) is 56.9 Å². The summed E-state index contributed by atoms with van der Waals surface area (Å²) in [5.41, 5.74) is 7.17. The lowest BCUT2D eigenvalue weighted by Gasteiger charge is -2.17. The Balaban J connectivity index is 0.981. The van der Waals surface area contributed by atoms with Gasteiger partial charge in [-0.25, -0.2) is 26.3 Å². The lowest BCUT2D eigenvalue weighted by Crippen LogP contribution is -2.31.